The van der Waals surface area contributed by atoms with Crippen molar-refractivity contribution in [2.45, 2.75) is 26.3 Å². The summed E-state index contributed by atoms with van der Waals surface area (Å²) in [4.78, 5) is 2.50. The zero-order chi connectivity index (χ0) is 12.7. The first kappa shape index (κ1) is 14.9. The van der Waals surface area contributed by atoms with Crippen molar-refractivity contribution < 1.29 is 9.47 Å². The van der Waals surface area contributed by atoms with Crippen molar-refractivity contribution in [3.05, 3.63) is 0 Å². The highest BCUT2D eigenvalue weighted by Gasteiger charge is 2.36. The predicted octanol–water partition coefficient (Wildman–Crippen LogP) is 0.969. The summed E-state index contributed by atoms with van der Waals surface area (Å²) in [5, 5.41) is 3.31. The van der Waals surface area contributed by atoms with Gasteiger partial charge in [0.2, 0.25) is 0 Å². The van der Waals surface area contributed by atoms with Crippen LogP contribution in [0.5, 0.6) is 0 Å². The van der Waals surface area contributed by atoms with Gasteiger partial charge in [0.25, 0.3) is 0 Å². The average molecular weight is 244 g/mol. The van der Waals surface area contributed by atoms with Gasteiger partial charge in [-0.2, -0.15) is 0 Å². The standard InChI is InChI=1S/C13H28N2O2/c1-5-15(12(2)8-16-4)10-13(9-14-3)6-7-17-11-13/h12,14H,5-11H2,1-4H3. The lowest BCUT2D eigenvalue weighted by atomic mass is 9.86. The molecule has 0 aliphatic carbocycles. The Kier molecular flexibility index (Phi) is 6.41. The van der Waals surface area contributed by atoms with Crippen LogP contribution < -0.4 is 5.32 Å². The fourth-order valence-corrected chi connectivity index (χ4v) is 2.70. The summed E-state index contributed by atoms with van der Waals surface area (Å²) >= 11 is 0. The largest absolute Gasteiger partial charge is 0.383 e. The van der Waals surface area contributed by atoms with E-state index in [1.807, 2.05) is 7.05 Å². The van der Waals surface area contributed by atoms with Crippen LogP contribution in [-0.2, 0) is 9.47 Å². The molecule has 0 aromatic heterocycles. The first-order valence-corrected chi connectivity index (χ1v) is 6.63. The van der Waals surface area contributed by atoms with Gasteiger partial charge in [-0.05, 0) is 26.9 Å². The molecule has 0 bridgehead atoms. The lowest BCUT2D eigenvalue weighted by Crippen LogP contribution is -2.48. The Morgan fingerprint density at radius 2 is 2.29 bits per heavy atom. The van der Waals surface area contributed by atoms with Gasteiger partial charge in [0.15, 0.2) is 0 Å². The van der Waals surface area contributed by atoms with Crippen LogP contribution in [0.4, 0.5) is 0 Å². The summed E-state index contributed by atoms with van der Waals surface area (Å²) in [6.45, 7) is 10.2. The highest BCUT2D eigenvalue weighted by Crippen LogP contribution is 2.29. The molecule has 1 heterocycles. The van der Waals surface area contributed by atoms with E-state index in [0.717, 1.165) is 45.9 Å². The van der Waals surface area contributed by atoms with Crippen LogP contribution in [0.2, 0.25) is 0 Å². The van der Waals surface area contributed by atoms with E-state index in [4.69, 9.17) is 9.47 Å². The van der Waals surface area contributed by atoms with Crippen molar-refractivity contribution >= 4 is 0 Å². The van der Waals surface area contributed by atoms with Gasteiger partial charge in [-0.15, -0.1) is 0 Å². The summed E-state index contributed by atoms with van der Waals surface area (Å²) in [5.41, 5.74) is 0.284. The monoisotopic (exact) mass is 244 g/mol. The Morgan fingerprint density at radius 3 is 2.76 bits per heavy atom. The van der Waals surface area contributed by atoms with Crippen molar-refractivity contribution in [2.75, 3.05) is 53.6 Å². The molecule has 0 radical (unpaired) electrons. The van der Waals surface area contributed by atoms with Crippen LogP contribution in [0, 0.1) is 5.41 Å². The molecular weight excluding hydrogens is 216 g/mol. The second-order valence-corrected chi connectivity index (χ2v) is 5.20. The Balaban J connectivity index is 2.57. The number of nitrogens with one attached hydrogen (secondary N) is 1. The summed E-state index contributed by atoms with van der Waals surface area (Å²) in [5.74, 6) is 0. The zero-order valence-corrected chi connectivity index (χ0v) is 11.8. The quantitative estimate of drug-likeness (QED) is 0.690. The fourth-order valence-electron chi connectivity index (χ4n) is 2.70. The Bertz CT molecular complexity index is 206. The Labute approximate surface area is 106 Å². The normalized spacial score (nSPS) is 26.6. The lowest BCUT2D eigenvalue weighted by molar-refractivity contribution is 0.0577. The summed E-state index contributed by atoms with van der Waals surface area (Å²) in [7, 11) is 3.79. The SMILES string of the molecule is CCN(CC1(CNC)CCOC1)C(C)COC. The lowest BCUT2D eigenvalue weighted by Gasteiger charge is -2.36. The van der Waals surface area contributed by atoms with Gasteiger partial charge in [0.05, 0.1) is 13.2 Å². The molecule has 0 aromatic carbocycles. The smallest absolute Gasteiger partial charge is 0.0615 e. The van der Waals surface area contributed by atoms with Crippen molar-refractivity contribution in [3.63, 3.8) is 0 Å². The van der Waals surface area contributed by atoms with Crippen LogP contribution in [0.1, 0.15) is 20.3 Å². The number of likely N-dealkylation sites (N-methyl/N-ethyl adjacent to an activating group) is 1. The molecule has 0 saturated carbocycles. The number of rotatable bonds is 8. The topological polar surface area (TPSA) is 33.7 Å². The molecular formula is C13H28N2O2. The average Bonchev–Trinajstić information content (AvgIpc) is 2.75. The Morgan fingerprint density at radius 1 is 1.53 bits per heavy atom. The molecule has 0 amide bonds. The highest BCUT2D eigenvalue weighted by atomic mass is 16.5. The van der Waals surface area contributed by atoms with Gasteiger partial charge in [-0.25, -0.2) is 0 Å². The van der Waals surface area contributed by atoms with Crippen LogP contribution in [0.3, 0.4) is 0 Å². The maximum Gasteiger partial charge on any atom is 0.0615 e. The first-order valence-electron chi connectivity index (χ1n) is 6.63. The minimum Gasteiger partial charge on any atom is -0.383 e. The third-order valence-electron chi connectivity index (χ3n) is 3.71. The van der Waals surface area contributed by atoms with Crippen molar-refractivity contribution in [1.82, 2.24) is 10.2 Å². The molecule has 17 heavy (non-hydrogen) atoms. The van der Waals surface area contributed by atoms with Gasteiger partial charge < -0.3 is 14.8 Å². The molecule has 1 rings (SSSR count). The number of ether oxygens (including phenoxy) is 2. The molecule has 1 N–H and O–H groups in total. The molecule has 0 spiro atoms. The van der Waals surface area contributed by atoms with E-state index < -0.39 is 0 Å². The number of nitrogens with zero attached hydrogens (tertiary/aromatic N) is 1. The molecule has 0 aromatic rings. The van der Waals surface area contributed by atoms with Crippen LogP contribution in [0.25, 0.3) is 0 Å². The minimum absolute atomic E-state index is 0.284. The molecule has 1 aliphatic heterocycles. The van der Waals surface area contributed by atoms with Crippen molar-refractivity contribution in [2.24, 2.45) is 5.41 Å². The van der Waals surface area contributed by atoms with E-state index in [0.29, 0.717) is 6.04 Å². The van der Waals surface area contributed by atoms with E-state index in [1.165, 1.54) is 0 Å². The van der Waals surface area contributed by atoms with Crippen LogP contribution >= 0.6 is 0 Å². The minimum atomic E-state index is 0.284. The Hall–Kier alpha value is -0.160. The number of hydrogen-bond acceptors (Lipinski definition) is 4. The van der Waals surface area contributed by atoms with E-state index in [2.05, 4.69) is 24.1 Å². The van der Waals surface area contributed by atoms with Gasteiger partial charge in [-0.1, -0.05) is 6.92 Å². The molecule has 102 valence electrons. The summed E-state index contributed by atoms with van der Waals surface area (Å²) < 4.78 is 10.9. The summed E-state index contributed by atoms with van der Waals surface area (Å²) in [6, 6.07) is 0.472. The molecule has 4 nitrogen and oxygen atoms in total. The molecule has 2 unspecified atom stereocenters. The third-order valence-corrected chi connectivity index (χ3v) is 3.71. The van der Waals surface area contributed by atoms with Crippen LogP contribution in [-0.4, -0.2) is 64.6 Å². The van der Waals surface area contributed by atoms with Crippen molar-refractivity contribution in [1.29, 1.82) is 0 Å². The highest BCUT2D eigenvalue weighted by molar-refractivity contribution is 4.89. The van der Waals surface area contributed by atoms with E-state index in [9.17, 15) is 0 Å². The molecule has 1 aliphatic rings. The van der Waals surface area contributed by atoms with Gasteiger partial charge in [0.1, 0.15) is 0 Å². The van der Waals surface area contributed by atoms with E-state index >= 15 is 0 Å². The maximum atomic E-state index is 5.60. The molecule has 4 heteroatoms. The van der Waals surface area contributed by atoms with Gasteiger partial charge in [-0.3, -0.25) is 4.90 Å². The van der Waals surface area contributed by atoms with Gasteiger partial charge in [0, 0.05) is 38.3 Å². The summed E-state index contributed by atoms with van der Waals surface area (Å²) in [6.07, 6.45) is 1.16. The second-order valence-electron chi connectivity index (χ2n) is 5.20. The maximum absolute atomic E-state index is 5.60. The first-order chi connectivity index (χ1) is 8.17. The van der Waals surface area contributed by atoms with Gasteiger partial charge >= 0.3 is 0 Å². The fraction of sp³-hybridized carbons (Fsp3) is 1.00. The zero-order valence-electron chi connectivity index (χ0n) is 11.8. The molecule has 2 atom stereocenters. The van der Waals surface area contributed by atoms with Crippen LogP contribution in [0.15, 0.2) is 0 Å². The van der Waals surface area contributed by atoms with E-state index in [1.54, 1.807) is 7.11 Å². The predicted molar refractivity (Wildman–Crippen MR) is 70.4 cm³/mol. The second kappa shape index (κ2) is 7.31. The van der Waals surface area contributed by atoms with Crippen molar-refractivity contribution in [3.8, 4) is 0 Å². The number of hydrogen-bond donors (Lipinski definition) is 1. The molecule has 1 fully saturated rings. The van der Waals surface area contributed by atoms with E-state index in [-0.39, 0.29) is 5.41 Å². The third kappa shape index (κ3) is 4.21. The molecule has 1 saturated heterocycles. The number of methoxy groups -OCH3 is 1.